The highest BCUT2D eigenvalue weighted by Gasteiger charge is 2.25. The van der Waals surface area contributed by atoms with E-state index in [-0.39, 0.29) is 12.1 Å². The number of hydrogen-bond acceptors (Lipinski definition) is 4. The molecule has 1 aliphatic heterocycles. The van der Waals surface area contributed by atoms with Crippen molar-refractivity contribution < 1.29 is 9.90 Å². The largest absolute Gasteiger partial charge is 0.390 e. The van der Waals surface area contributed by atoms with E-state index in [1.54, 1.807) is 12.4 Å². The first-order chi connectivity index (χ1) is 8.75. The van der Waals surface area contributed by atoms with Gasteiger partial charge in [-0.3, -0.25) is 4.98 Å². The molecule has 1 saturated heterocycles. The molecule has 1 aromatic heterocycles. The zero-order valence-corrected chi connectivity index (χ0v) is 10.1. The van der Waals surface area contributed by atoms with Crippen LogP contribution in [-0.2, 0) is 6.42 Å². The number of hydrogen-bond donors (Lipinski definition) is 4. The van der Waals surface area contributed by atoms with Crippen molar-refractivity contribution in [1.29, 1.82) is 0 Å². The summed E-state index contributed by atoms with van der Waals surface area (Å²) in [6, 6.07) is 3.39. The van der Waals surface area contributed by atoms with Gasteiger partial charge in [-0.25, -0.2) is 4.79 Å². The predicted octanol–water partition coefficient (Wildman–Crippen LogP) is -0.744. The summed E-state index contributed by atoms with van der Waals surface area (Å²) in [5, 5.41) is 18.0. The Morgan fingerprint density at radius 2 is 2.44 bits per heavy atom. The normalized spacial score (nSPS) is 22.7. The zero-order valence-electron chi connectivity index (χ0n) is 10.1. The minimum atomic E-state index is -0.505. The van der Waals surface area contributed by atoms with Crippen molar-refractivity contribution in [3.8, 4) is 0 Å². The molecule has 0 aliphatic carbocycles. The Morgan fingerprint density at radius 3 is 3.11 bits per heavy atom. The number of pyridine rings is 1. The Labute approximate surface area is 106 Å². The van der Waals surface area contributed by atoms with Gasteiger partial charge in [-0.1, -0.05) is 6.07 Å². The topological polar surface area (TPSA) is 86.3 Å². The highest BCUT2D eigenvalue weighted by Crippen LogP contribution is 1.99. The molecule has 2 amide bonds. The van der Waals surface area contributed by atoms with Gasteiger partial charge >= 0.3 is 6.03 Å². The van der Waals surface area contributed by atoms with Gasteiger partial charge in [0, 0.05) is 32.0 Å². The van der Waals surface area contributed by atoms with Crippen LogP contribution in [0.3, 0.4) is 0 Å². The Morgan fingerprint density at radius 1 is 1.56 bits per heavy atom. The first-order valence-corrected chi connectivity index (χ1v) is 6.08. The molecule has 2 heterocycles. The van der Waals surface area contributed by atoms with Crippen LogP contribution in [0.5, 0.6) is 0 Å². The quantitative estimate of drug-likeness (QED) is 0.567. The Hall–Kier alpha value is -1.66. The summed E-state index contributed by atoms with van der Waals surface area (Å²) in [4.78, 5) is 15.6. The molecule has 98 valence electrons. The van der Waals surface area contributed by atoms with E-state index in [0.29, 0.717) is 19.6 Å². The molecule has 0 unspecified atom stereocenters. The van der Waals surface area contributed by atoms with Crippen molar-refractivity contribution in [2.75, 3.05) is 19.6 Å². The second-order valence-corrected chi connectivity index (χ2v) is 4.34. The van der Waals surface area contributed by atoms with E-state index in [0.717, 1.165) is 12.0 Å². The number of carbonyl (C=O) groups is 1. The number of nitrogens with one attached hydrogen (secondary N) is 3. The third-order valence-electron chi connectivity index (χ3n) is 2.92. The molecule has 0 aromatic carbocycles. The molecule has 2 atom stereocenters. The van der Waals surface area contributed by atoms with E-state index in [4.69, 9.17) is 0 Å². The standard InChI is InChI=1S/C12H18N4O2/c17-11-8-14-7-10(11)16-12(18)15-5-3-9-2-1-4-13-6-9/h1-2,4,6,10-11,14,17H,3,5,7-8H2,(H2,15,16,18)/t10-,11-/m1/s1. The molecular weight excluding hydrogens is 232 g/mol. The zero-order chi connectivity index (χ0) is 12.8. The van der Waals surface area contributed by atoms with Crippen molar-refractivity contribution in [1.82, 2.24) is 20.9 Å². The third kappa shape index (κ3) is 3.68. The number of carbonyl (C=O) groups excluding carboxylic acids is 1. The van der Waals surface area contributed by atoms with Gasteiger partial charge < -0.3 is 21.1 Å². The molecule has 1 aromatic rings. The Kier molecular flexibility index (Phi) is 4.49. The van der Waals surface area contributed by atoms with E-state index in [2.05, 4.69) is 20.9 Å². The Bertz CT molecular complexity index is 385. The maximum absolute atomic E-state index is 11.6. The molecule has 1 fully saturated rings. The Balaban J connectivity index is 1.66. The molecule has 1 aliphatic rings. The van der Waals surface area contributed by atoms with Gasteiger partial charge in [0.2, 0.25) is 0 Å². The number of rotatable bonds is 4. The lowest BCUT2D eigenvalue weighted by Gasteiger charge is -2.15. The molecule has 0 saturated carbocycles. The fraction of sp³-hybridized carbons (Fsp3) is 0.500. The second-order valence-electron chi connectivity index (χ2n) is 4.34. The van der Waals surface area contributed by atoms with Gasteiger partial charge in [-0.2, -0.15) is 0 Å². The monoisotopic (exact) mass is 250 g/mol. The van der Waals surface area contributed by atoms with Crippen LogP contribution in [0.4, 0.5) is 4.79 Å². The summed E-state index contributed by atoms with van der Waals surface area (Å²) >= 11 is 0. The minimum Gasteiger partial charge on any atom is -0.390 e. The summed E-state index contributed by atoms with van der Waals surface area (Å²) in [6.45, 7) is 1.69. The average Bonchev–Trinajstić information content (AvgIpc) is 2.76. The lowest BCUT2D eigenvalue weighted by molar-refractivity contribution is 0.162. The van der Waals surface area contributed by atoms with Crippen LogP contribution in [0.25, 0.3) is 0 Å². The third-order valence-corrected chi connectivity index (χ3v) is 2.92. The van der Waals surface area contributed by atoms with Crippen molar-refractivity contribution >= 4 is 6.03 Å². The van der Waals surface area contributed by atoms with Crippen LogP contribution in [0.15, 0.2) is 24.5 Å². The molecule has 4 N–H and O–H groups in total. The van der Waals surface area contributed by atoms with Crippen LogP contribution >= 0.6 is 0 Å². The van der Waals surface area contributed by atoms with E-state index in [1.165, 1.54) is 0 Å². The first kappa shape index (κ1) is 12.8. The number of nitrogens with zero attached hydrogens (tertiary/aromatic N) is 1. The number of urea groups is 1. The number of amides is 2. The lowest BCUT2D eigenvalue weighted by Crippen LogP contribution is -2.47. The van der Waals surface area contributed by atoms with Crippen LogP contribution in [0.2, 0.25) is 0 Å². The van der Waals surface area contributed by atoms with E-state index in [9.17, 15) is 9.90 Å². The van der Waals surface area contributed by atoms with Crippen molar-refractivity contribution in [3.05, 3.63) is 30.1 Å². The highest BCUT2D eigenvalue weighted by molar-refractivity contribution is 5.74. The average molecular weight is 250 g/mol. The maximum atomic E-state index is 11.6. The van der Waals surface area contributed by atoms with Gasteiger partial charge in [0.1, 0.15) is 0 Å². The number of aromatic nitrogens is 1. The van der Waals surface area contributed by atoms with Crippen LogP contribution in [-0.4, -0.2) is 47.9 Å². The lowest BCUT2D eigenvalue weighted by atomic mass is 10.2. The molecule has 2 rings (SSSR count). The summed E-state index contributed by atoms with van der Waals surface area (Å²) in [6.07, 6.45) is 3.74. The number of β-amino-alcohol motifs (C(OH)–C–C–N with tert-alkyl or cyclic N) is 1. The fourth-order valence-corrected chi connectivity index (χ4v) is 1.90. The second kappa shape index (κ2) is 6.32. The molecule has 6 nitrogen and oxygen atoms in total. The molecule has 0 spiro atoms. The fourth-order valence-electron chi connectivity index (χ4n) is 1.90. The van der Waals surface area contributed by atoms with Crippen LogP contribution < -0.4 is 16.0 Å². The van der Waals surface area contributed by atoms with E-state index in [1.807, 2.05) is 12.1 Å². The van der Waals surface area contributed by atoms with Gasteiger partial charge in [-0.15, -0.1) is 0 Å². The molecule has 18 heavy (non-hydrogen) atoms. The summed E-state index contributed by atoms with van der Waals surface area (Å²) in [5.74, 6) is 0. The van der Waals surface area contributed by atoms with Crippen molar-refractivity contribution in [2.24, 2.45) is 0 Å². The summed E-state index contributed by atoms with van der Waals surface area (Å²) in [7, 11) is 0. The van der Waals surface area contributed by atoms with Crippen LogP contribution in [0, 0.1) is 0 Å². The van der Waals surface area contributed by atoms with E-state index >= 15 is 0 Å². The maximum Gasteiger partial charge on any atom is 0.315 e. The summed E-state index contributed by atoms with van der Waals surface area (Å²) < 4.78 is 0. The number of aliphatic hydroxyl groups excluding tert-OH is 1. The predicted molar refractivity (Wildman–Crippen MR) is 67.1 cm³/mol. The van der Waals surface area contributed by atoms with Gasteiger partial charge in [0.15, 0.2) is 0 Å². The number of aliphatic hydroxyl groups is 1. The minimum absolute atomic E-state index is 0.205. The highest BCUT2D eigenvalue weighted by atomic mass is 16.3. The molecule has 6 heteroatoms. The SMILES string of the molecule is O=C(NCCc1cccnc1)N[C@@H]1CNC[C@H]1O. The van der Waals surface area contributed by atoms with Gasteiger partial charge in [0.05, 0.1) is 12.1 Å². The van der Waals surface area contributed by atoms with Crippen molar-refractivity contribution in [2.45, 2.75) is 18.6 Å². The molecule has 0 bridgehead atoms. The molecule has 0 radical (unpaired) electrons. The summed E-state index contributed by atoms with van der Waals surface area (Å²) in [5.41, 5.74) is 1.08. The smallest absolute Gasteiger partial charge is 0.315 e. The first-order valence-electron chi connectivity index (χ1n) is 6.08. The molecular formula is C12H18N4O2. The van der Waals surface area contributed by atoms with Gasteiger partial charge in [0.25, 0.3) is 0 Å². The van der Waals surface area contributed by atoms with E-state index < -0.39 is 6.10 Å². The van der Waals surface area contributed by atoms with Crippen molar-refractivity contribution in [3.63, 3.8) is 0 Å². The van der Waals surface area contributed by atoms with Crippen LogP contribution in [0.1, 0.15) is 5.56 Å². The van der Waals surface area contributed by atoms with Gasteiger partial charge in [-0.05, 0) is 18.1 Å².